The van der Waals surface area contributed by atoms with E-state index in [1.807, 2.05) is 64.1 Å². The van der Waals surface area contributed by atoms with Crippen LogP contribution in [0.4, 0.5) is 0 Å². The van der Waals surface area contributed by atoms with Crippen molar-refractivity contribution in [3.8, 4) is 11.5 Å². The van der Waals surface area contributed by atoms with E-state index in [-0.39, 0.29) is 0 Å². The van der Waals surface area contributed by atoms with Gasteiger partial charge in [0, 0.05) is 0 Å². The van der Waals surface area contributed by atoms with Crippen LogP contribution in [0.25, 0.3) is 0 Å². The second kappa shape index (κ2) is 7.90. The van der Waals surface area contributed by atoms with Gasteiger partial charge in [0.25, 0.3) is 0 Å². The molecule has 0 unspecified atom stereocenters. The van der Waals surface area contributed by atoms with Crippen molar-refractivity contribution in [3.63, 3.8) is 0 Å². The molecule has 0 aromatic heterocycles. The van der Waals surface area contributed by atoms with Crippen molar-refractivity contribution >= 4 is 7.60 Å². The molecule has 0 radical (unpaired) electrons. The van der Waals surface area contributed by atoms with Crippen LogP contribution in [0.2, 0.25) is 0 Å². The normalized spacial score (nSPS) is 11.4. The zero-order valence-corrected chi connectivity index (χ0v) is 16.2. The molecule has 4 heteroatoms. The summed E-state index contributed by atoms with van der Waals surface area (Å²) in [6.45, 7) is 10.2. The predicted octanol–water partition coefficient (Wildman–Crippen LogP) is 6.37. The Bertz CT molecular complexity index is 695. The molecular formula is C20H27O3P. The van der Waals surface area contributed by atoms with Crippen molar-refractivity contribution in [1.29, 1.82) is 0 Å². The van der Waals surface area contributed by atoms with Crippen LogP contribution in [0, 0.1) is 27.7 Å². The molecular weight excluding hydrogens is 319 g/mol. The Morgan fingerprint density at radius 1 is 0.792 bits per heavy atom. The molecule has 0 atom stereocenters. The van der Waals surface area contributed by atoms with Crippen molar-refractivity contribution in [2.45, 2.75) is 47.5 Å². The summed E-state index contributed by atoms with van der Waals surface area (Å²) < 4.78 is 25.0. The van der Waals surface area contributed by atoms with Gasteiger partial charge in [-0.05, 0) is 80.6 Å². The van der Waals surface area contributed by atoms with Crippen LogP contribution in [-0.4, -0.2) is 6.16 Å². The molecule has 0 fully saturated rings. The molecule has 0 heterocycles. The molecule has 0 amide bonds. The van der Waals surface area contributed by atoms with Crippen molar-refractivity contribution < 1.29 is 13.6 Å². The quantitative estimate of drug-likeness (QED) is 0.546. The lowest BCUT2D eigenvalue weighted by atomic mass is 10.1. The highest BCUT2D eigenvalue weighted by atomic mass is 31.2. The van der Waals surface area contributed by atoms with E-state index < -0.39 is 7.60 Å². The minimum Gasteiger partial charge on any atom is -0.416 e. The summed E-state index contributed by atoms with van der Waals surface area (Å²) in [5, 5.41) is 0. The number of rotatable bonds is 7. The first-order valence-corrected chi connectivity index (χ1v) is 10.2. The van der Waals surface area contributed by atoms with Gasteiger partial charge in [-0.3, -0.25) is 0 Å². The maximum atomic E-state index is 13.3. The Morgan fingerprint density at radius 3 is 1.62 bits per heavy atom. The molecule has 3 nitrogen and oxygen atoms in total. The van der Waals surface area contributed by atoms with Crippen LogP contribution >= 0.6 is 7.60 Å². The van der Waals surface area contributed by atoms with Gasteiger partial charge in [0.05, 0.1) is 6.16 Å². The molecule has 2 aromatic carbocycles. The number of aryl methyl sites for hydroxylation is 4. The third kappa shape index (κ3) is 4.88. The molecule has 24 heavy (non-hydrogen) atoms. The Morgan fingerprint density at radius 2 is 1.25 bits per heavy atom. The fourth-order valence-electron chi connectivity index (χ4n) is 2.32. The Kier molecular flexibility index (Phi) is 6.12. The highest BCUT2D eigenvalue weighted by Gasteiger charge is 2.27. The molecule has 0 saturated carbocycles. The molecule has 0 bridgehead atoms. The van der Waals surface area contributed by atoms with E-state index in [9.17, 15) is 4.57 Å². The molecule has 0 aliphatic carbocycles. The van der Waals surface area contributed by atoms with Crippen molar-refractivity contribution in [3.05, 3.63) is 58.7 Å². The summed E-state index contributed by atoms with van der Waals surface area (Å²) in [5.74, 6) is 1.20. The Hall–Kier alpha value is -1.73. The molecule has 0 aliphatic heterocycles. The molecule has 0 N–H and O–H groups in total. The maximum absolute atomic E-state index is 13.3. The first-order valence-electron chi connectivity index (χ1n) is 8.46. The van der Waals surface area contributed by atoms with E-state index >= 15 is 0 Å². The Labute approximate surface area is 145 Å². The summed E-state index contributed by atoms with van der Waals surface area (Å²) in [7, 11) is -3.25. The van der Waals surface area contributed by atoms with Gasteiger partial charge in [-0.2, -0.15) is 0 Å². The van der Waals surface area contributed by atoms with E-state index in [0.29, 0.717) is 17.7 Å². The second-order valence-corrected chi connectivity index (χ2v) is 8.40. The first kappa shape index (κ1) is 18.6. The summed E-state index contributed by atoms with van der Waals surface area (Å²) >= 11 is 0. The molecule has 2 aromatic rings. The van der Waals surface area contributed by atoms with E-state index in [2.05, 4.69) is 6.92 Å². The first-order chi connectivity index (χ1) is 11.3. The lowest BCUT2D eigenvalue weighted by molar-refractivity contribution is 0.384. The van der Waals surface area contributed by atoms with Crippen LogP contribution in [0.1, 0.15) is 42.0 Å². The van der Waals surface area contributed by atoms with E-state index in [0.717, 1.165) is 24.0 Å². The molecule has 0 aliphatic rings. The van der Waals surface area contributed by atoms with Gasteiger partial charge in [0.2, 0.25) is 0 Å². The monoisotopic (exact) mass is 346 g/mol. The fourth-order valence-corrected chi connectivity index (χ4v) is 4.12. The maximum Gasteiger partial charge on any atom is 0.430 e. The van der Waals surface area contributed by atoms with Crippen LogP contribution in [0.5, 0.6) is 11.5 Å². The number of unbranched alkanes of at least 4 members (excludes halogenated alkanes) is 1. The molecule has 130 valence electrons. The average molecular weight is 346 g/mol. The van der Waals surface area contributed by atoms with E-state index in [4.69, 9.17) is 9.05 Å². The number of benzene rings is 2. The minimum absolute atomic E-state index is 0.406. The summed E-state index contributed by atoms with van der Waals surface area (Å²) in [6, 6.07) is 11.5. The lowest BCUT2D eigenvalue weighted by Crippen LogP contribution is -2.06. The lowest BCUT2D eigenvalue weighted by Gasteiger charge is -2.21. The van der Waals surface area contributed by atoms with Crippen molar-refractivity contribution in [1.82, 2.24) is 0 Å². The minimum atomic E-state index is -3.25. The third-order valence-electron chi connectivity index (χ3n) is 4.23. The van der Waals surface area contributed by atoms with Gasteiger partial charge in [0.1, 0.15) is 11.5 Å². The van der Waals surface area contributed by atoms with Gasteiger partial charge >= 0.3 is 7.60 Å². The highest BCUT2D eigenvalue weighted by Crippen LogP contribution is 2.49. The largest absolute Gasteiger partial charge is 0.430 e. The summed E-state index contributed by atoms with van der Waals surface area (Å²) in [5.41, 5.74) is 4.59. The van der Waals surface area contributed by atoms with Crippen LogP contribution in [-0.2, 0) is 4.57 Å². The van der Waals surface area contributed by atoms with Gasteiger partial charge in [-0.25, -0.2) is 4.57 Å². The van der Waals surface area contributed by atoms with Crippen LogP contribution < -0.4 is 9.05 Å². The van der Waals surface area contributed by atoms with Crippen LogP contribution in [0.3, 0.4) is 0 Å². The second-order valence-electron chi connectivity index (χ2n) is 6.36. The number of hydrogen-bond acceptors (Lipinski definition) is 3. The van der Waals surface area contributed by atoms with Crippen molar-refractivity contribution in [2.24, 2.45) is 0 Å². The topological polar surface area (TPSA) is 35.5 Å². The van der Waals surface area contributed by atoms with E-state index in [1.54, 1.807) is 0 Å². The van der Waals surface area contributed by atoms with Crippen LogP contribution in [0.15, 0.2) is 36.4 Å². The SMILES string of the molecule is CCCCP(=O)(Oc1ccc(C)c(C)c1)Oc1ccc(C)c(C)c1. The predicted molar refractivity (Wildman–Crippen MR) is 100 cm³/mol. The average Bonchev–Trinajstić information content (AvgIpc) is 2.53. The van der Waals surface area contributed by atoms with Gasteiger partial charge in [0.15, 0.2) is 0 Å². The van der Waals surface area contributed by atoms with Gasteiger partial charge in [-0.15, -0.1) is 0 Å². The van der Waals surface area contributed by atoms with Gasteiger partial charge < -0.3 is 9.05 Å². The zero-order chi connectivity index (χ0) is 17.7. The third-order valence-corrected chi connectivity index (χ3v) is 6.07. The van der Waals surface area contributed by atoms with Gasteiger partial charge in [-0.1, -0.05) is 25.5 Å². The standard InChI is InChI=1S/C20H27O3P/c1-6-7-12-24(21,22-19-10-8-15(2)17(4)13-19)23-20-11-9-16(3)18(5)14-20/h8-11,13-14H,6-7,12H2,1-5H3. The molecule has 0 spiro atoms. The number of hydrogen-bond donors (Lipinski definition) is 0. The summed E-state index contributed by atoms with van der Waals surface area (Å²) in [6.07, 6.45) is 2.15. The highest BCUT2D eigenvalue weighted by molar-refractivity contribution is 7.54. The molecule has 0 saturated heterocycles. The molecule has 2 rings (SSSR count). The zero-order valence-electron chi connectivity index (χ0n) is 15.3. The van der Waals surface area contributed by atoms with E-state index in [1.165, 1.54) is 11.1 Å². The van der Waals surface area contributed by atoms with Crippen molar-refractivity contribution in [2.75, 3.05) is 6.16 Å². The summed E-state index contributed by atoms with van der Waals surface area (Å²) in [4.78, 5) is 0. The fraction of sp³-hybridized carbons (Fsp3) is 0.400. The Balaban J connectivity index is 2.25. The smallest absolute Gasteiger partial charge is 0.416 e.